The summed E-state index contributed by atoms with van der Waals surface area (Å²) in [4.78, 5) is 25.2. The van der Waals surface area contributed by atoms with Crippen LogP contribution < -0.4 is 4.74 Å². The van der Waals surface area contributed by atoms with Crippen molar-refractivity contribution in [1.29, 1.82) is 0 Å². The summed E-state index contributed by atoms with van der Waals surface area (Å²) in [6.07, 6.45) is 3.18. The maximum atomic E-state index is 12.8. The Hall–Kier alpha value is -2.04. The van der Waals surface area contributed by atoms with Gasteiger partial charge >= 0.3 is 5.97 Å². The highest BCUT2D eigenvalue weighted by atomic mass is 16.5. The second kappa shape index (κ2) is 7.69. The summed E-state index contributed by atoms with van der Waals surface area (Å²) < 4.78 is 5.16. The number of carboxylic acids is 1. The van der Waals surface area contributed by atoms with Gasteiger partial charge in [-0.2, -0.15) is 0 Å². The van der Waals surface area contributed by atoms with Crippen LogP contribution in [-0.2, 0) is 4.79 Å². The first kappa shape index (κ1) is 18.3. The lowest BCUT2D eigenvalue weighted by molar-refractivity contribution is -0.139. The first-order valence-corrected chi connectivity index (χ1v) is 8.51. The van der Waals surface area contributed by atoms with E-state index in [4.69, 9.17) is 9.84 Å². The van der Waals surface area contributed by atoms with Gasteiger partial charge in [0, 0.05) is 18.7 Å². The van der Waals surface area contributed by atoms with E-state index in [1.54, 1.807) is 24.3 Å². The number of ether oxygens (including phenoxy) is 1. The predicted molar refractivity (Wildman–Crippen MR) is 92.3 cm³/mol. The van der Waals surface area contributed by atoms with Crippen LogP contribution in [0.3, 0.4) is 0 Å². The zero-order chi connectivity index (χ0) is 17.7. The van der Waals surface area contributed by atoms with Gasteiger partial charge in [0.05, 0.1) is 0 Å². The van der Waals surface area contributed by atoms with Gasteiger partial charge in [0.1, 0.15) is 5.75 Å². The molecule has 0 aliphatic carbocycles. The SMILES string of the molecule is CC(C)(C)C1CCCN(C(=O)c2cccc(OCC(=O)O)c2)CC1. The average Bonchev–Trinajstić information content (AvgIpc) is 2.78. The Morgan fingerprint density at radius 3 is 2.67 bits per heavy atom. The van der Waals surface area contributed by atoms with Gasteiger partial charge < -0.3 is 14.7 Å². The highest BCUT2D eigenvalue weighted by molar-refractivity contribution is 5.94. The number of aliphatic carboxylic acids is 1. The molecule has 132 valence electrons. The molecule has 1 aromatic carbocycles. The second-order valence-corrected chi connectivity index (χ2v) is 7.50. The fourth-order valence-electron chi connectivity index (χ4n) is 3.21. The van der Waals surface area contributed by atoms with Gasteiger partial charge in [-0.25, -0.2) is 4.79 Å². The van der Waals surface area contributed by atoms with E-state index in [9.17, 15) is 9.59 Å². The van der Waals surface area contributed by atoms with Gasteiger partial charge in [-0.3, -0.25) is 4.79 Å². The number of carboxylic acid groups (broad SMARTS) is 1. The first-order valence-electron chi connectivity index (χ1n) is 8.51. The van der Waals surface area contributed by atoms with E-state index in [0.29, 0.717) is 17.2 Å². The van der Waals surface area contributed by atoms with Gasteiger partial charge in [-0.1, -0.05) is 26.8 Å². The molecule has 2 rings (SSSR count). The molecule has 1 aromatic rings. The Bertz CT molecular complexity index is 591. The molecule has 1 saturated heterocycles. The third-order valence-electron chi connectivity index (χ3n) is 4.68. The fraction of sp³-hybridized carbons (Fsp3) is 0.579. The van der Waals surface area contributed by atoms with E-state index < -0.39 is 12.6 Å². The minimum Gasteiger partial charge on any atom is -0.482 e. The maximum Gasteiger partial charge on any atom is 0.341 e. The average molecular weight is 333 g/mol. The number of hydrogen-bond acceptors (Lipinski definition) is 3. The molecule has 1 unspecified atom stereocenters. The number of carbonyl (C=O) groups excluding carboxylic acids is 1. The monoisotopic (exact) mass is 333 g/mol. The second-order valence-electron chi connectivity index (χ2n) is 7.50. The first-order chi connectivity index (χ1) is 11.3. The molecular formula is C19H27NO4. The quantitative estimate of drug-likeness (QED) is 0.916. The molecule has 0 aromatic heterocycles. The molecular weight excluding hydrogens is 306 g/mol. The summed E-state index contributed by atoms with van der Waals surface area (Å²) in [5.74, 6) is -0.0102. The Labute approximate surface area is 143 Å². The summed E-state index contributed by atoms with van der Waals surface area (Å²) >= 11 is 0. The number of amides is 1. The highest BCUT2D eigenvalue weighted by Gasteiger charge is 2.28. The molecule has 1 aliphatic rings. The molecule has 1 fully saturated rings. The standard InChI is InChI=1S/C19H27NO4/c1-19(2,3)15-7-5-10-20(11-9-15)18(23)14-6-4-8-16(12-14)24-13-17(21)22/h4,6,8,12,15H,5,7,9-11,13H2,1-3H3,(H,21,22). The summed E-state index contributed by atoms with van der Waals surface area (Å²) in [6, 6.07) is 6.76. The molecule has 0 saturated carbocycles. The van der Waals surface area contributed by atoms with Crippen LogP contribution in [-0.4, -0.2) is 41.6 Å². The highest BCUT2D eigenvalue weighted by Crippen LogP contribution is 2.34. The zero-order valence-electron chi connectivity index (χ0n) is 14.7. The van der Waals surface area contributed by atoms with Crippen molar-refractivity contribution in [2.45, 2.75) is 40.0 Å². The molecule has 1 heterocycles. The topological polar surface area (TPSA) is 66.8 Å². The van der Waals surface area contributed by atoms with Gasteiger partial charge in [0.2, 0.25) is 0 Å². The van der Waals surface area contributed by atoms with Gasteiger partial charge in [0.25, 0.3) is 5.91 Å². The van der Waals surface area contributed by atoms with Gasteiger partial charge in [0.15, 0.2) is 6.61 Å². The third-order valence-corrected chi connectivity index (χ3v) is 4.68. The van der Waals surface area contributed by atoms with Crippen molar-refractivity contribution < 1.29 is 19.4 Å². The molecule has 0 radical (unpaired) electrons. The molecule has 1 amide bonds. The van der Waals surface area contributed by atoms with Crippen LogP contribution in [0, 0.1) is 11.3 Å². The zero-order valence-corrected chi connectivity index (χ0v) is 14.7. The summed E-state index contributed by atoms with van der Waals surface area (Å²) in [7, 11) is 0. The van der Waals surface area contributed by atoms with E-state index in [-0.39, 0.29) is 11.3 Å². The molecule has 24 heavy (non-hydrogen) atoms. The van der Waals surface area contributed by atoms with Crippen LogP contribution in [0.2, 0.25) is 0 Å². The number of rotatable bonds is 4. The van der Waals surface area contributed by atoms with Crippen molar-refractivity contribution in [2.24, 2.45) is 11.3 Å². The smallest absolute Gasteiger partial charge is 0.341 e. The lowest BCUT2D eigenvalue weighted by atomic mass is 9.77. The van der Waals surface area contributed by atoms with E-state index in [1.807, 2.05) is 4.90 Å². The molecule has 1 atom stereocenters. The van der Waals surface area contributed by atoms with E-state index in [2.05, 4.69) is 20.8 Å². The Kier molecular flexibility index (Phi) is 5.86. The Morgan fingerprint density at radius 1 is 1.25 bits per heavy atom. The molecule has 0 bridgehead atoms. The Morgan fingerprint density at radius 2 is 2.00 bits per heavy atom. The van der Waals surface area contributed by atoms with Gasteiger partial charge in [-0.15, -0.1) is 0 Å². The van der Waals surface area contributed by atoms with Crippen molar-refractivity contribution in [1.82, 2.24) is 4.90 Å². The summed E-state index contributed by atoms with van der Waals surface area (Å²) in [5, 5.41) is 8.68. The fourth-order valence-corrected chi connectivity index (χ4v) is 3.21. The van der Waals surface area contributed by atoms with Crippen molar-refractivity contribution in [3.63, 3.8) is 0 Å². The molecule has 5 nitrogen and oxygen atoms in total. The van der Waals surface area contributed by atoms with Gasteiger partial charge in [-0.05, 0) is 48.8 Å². The summed E-state index contributed by atoms with van der Waals surface area (Å²) in [5.41, 5.74) is 0.816. The third kappa shape index (κ3) is 4.98. The number of nitrogens with zero attached hydrogens (tertiary/aromatic N) is 1. The van der Waals surface area contributed by atoms with Crippen LogP contribution in [0.4, 0.5) is 0 Å². The van der Waals surface area contributed by atoms with Crippen LogP contribution in [0.15, 0.2) is 24.3 Å². The van der Waals surface area contributed by atoms with Crippen LogP contribution >= 0.6 is 0 Å². The van der Waals surface area contributed by atoms with E-state index in [0.717, 1.165) is 32.4 Å². The van der Waals surface area contributed by atoms with Crippen molar-refractivity contribution in [2.75, 3.05) is 19.7 Å². The van der Waals surface area contributed by atoms with E-state index in [1.165, 1.54) is 0 Å². The normalized spacial score (nSPS) is 18.8. The van der Waals surface area contributed by atoms with Crippen LogP contribution in [0.5, 0.6) is 5.75 Å². The molecule has 5 heteroatoms. The van der Waals surface area contributed by atoms with Crippen LogP contribution in [0.1, 0.15) is 50.4 Å². The predicted octanol–water partition coefficient (Wildman–Crippen LogP) is 3.44. The molecule has 0 spiro atoms. The Balaban J connectivity index is 2.03. The number of hydrogen-bond donors (Lipinski definition) is 1. The summed E-state index contributed by atoms with van der Waals surface area (Å²) in [6.45, 7) is 7.91. The minimum atomic E-state index is -1.03. The van der Waals surface area contributed by atoms with Crippen LogP contribution in [0.25, 0.3) is 0 Å². The van der Waals surface area contributed by atoms with Crippen molar-refractivity contribution in [3.8, 4) is 5.75 Å². The lowest BCUT2D eigenvalue weighted by Crippen LogP contribution is -2.32. The maximum absolute atomic E-state index is 12.8. The molecule has 1 N–H and O–H groups in total. The number of likely N-dealkylation sites (tertiary alicyclic amines) is 1. The largest absolute Gasteiger partial charge is 0.482 e. The minimum absolute atomic E-state index is 0.00895. The van der Waals surface area contributed by atoms with E-state index >= 15 is 0 Å². The molecule has 1 aliphatic heterocycles. The number of benzene rings is 1. The number of carbonyl (C=O) groups is 2. The lowest BCUT2D eigenvalue weighted by Gasteiger charge is -2.29. The van der Waals surface area contributed by atoms with Crippen molar-refractivity contribution >= 4 is 11.9 Å². The van der Waals surface area contributed by atoms with Crippen molar-refractivity contribution in [3.05, 3.63) is 29.8 Å².